The van der Waals surface area contributed by atoms with Crippen molar-refractivity contribution in [3.8, 4) is 0 Å². The van der Waals surface area contributed by atoms with E-state index in [1.807, 2.05) is 37.4 Å². The molecule has 1 atom stereocenters. The summed E-state index contributed by atoms with van der Waals surface area (Å²) < 4.78 is 0. The summed E-state index contributed by atoms with van der Waals surface area (Å²) in [4.78, 5) is 23.6. The van der Waals surface area contributed by atoms with Gasteiger partial charge in [-0.3, -0.25) is 9.59 Å². The van der Waals surface area contributed by atoms with Gasteiger partial charge in [0.2, 0.25) is 0 Å². The first-order chi connectivity index (χ1) is 8.05. The third kappa shape index (κ3) is 2.29. The molecule has 5 heteroatoms. The molecule has 0 saturated carbocycles. The van der Waals surface area contributed by atoms with Crippen molar-refractivity contribution in [3.63, 3.8) is 0 Å². The Hall–Kier alpha value is -1.49. The van der Waals surface area contributed by atoms with E-state index in [1.165, 1.54) is 4.90 Å². The smallest absolute Gasteiger partial charge is 0.310 e. The number of carbonyl (C=O) groups excluding carboxylic acids is 2. The van der Waals surface area contributed by atoms with Gasteiger partial charge in [-0.2, -0.15) is 0 Å². The molecule has 4 nitrogen and oxygen atoms in total. The summed E-state index contributed by atoms with van der Waals surface area (Å²) in [7, 11) is 0. The third-order valence-electron chi connectivity index (χ3n) is 2.93. The minimum Gasteiger partial charge on any atom is -0.345 e. The van der Waals surface area contributed by atoms with Crippen LogP contribution in [0.4, 0.5) is 0 Å². The predicted octanol–water partition coefficient (Wildman–Crippen LogP) is 0.870. The van der Waals surface area contributed by atoms with Gasteiger partial charge in [-0.05, 0) is 30.9 Å². The molecule has 0 radical (unpaired) electrons. The Bertz CT molecular complexity index is 458. The third-order valence-corrected chi connectivity index (χ3v) is 3.67. The molecule has 1 unspecified atom stereocenters. The summed E-state index contributed by atoms with van der Waals surface area (Å²) >= 11 is 1.67. The predicted molar refractivity (Wildman–Crippen MR) is 66.7 cm³/mol. The van der Waals surface area contributed by atoms with E-state index in [4.69, 9.17) is 0 Å². The van der Waals surface area contributed by atoms with Crippen LogP contribution in [0.2, 0.25) is 0 Å². The van der Waals surface area contributed by atoms with Crippen molar-refractivity contribution in [2.45, 2.75) is 17.4 Å². The Morgan fingerprint density at radius 2 is 1.82 bits per heavy atom. The van der Waals surface area contributed by atoms with Crippen molar-refractivity contribution >= 4 is 23.6 Å². The van der Waals surface area contributed by atoms with Crippen molar-refractivity contribution in [1.82, 2.24) is 10.6 Å². The molecule has 0 aromatic heterocycles. The van der Waals surface area contributed by atoms with E-state index in [2.05, 4.69) is 10.6 Å². The SMILES string of the molecule is CSc1ccc(C2(C)CNC(=O)C(=O)N2)cc1. The lowest BCUT2D eigenvalue weighted by molar-refractivity contribution is -0.142. The number of piperazine rings is 1. The number of benzene rings is 1. The number of amides is 2. The highest BCUT2D eigenvalue weighted by Crippen LogP contribution is 2.24. The summed E-state index contributed by atoms with van der Waals surface area (Å²) in [6.07, 6.45) is 2.01. The molecule has 17 heavy (non-hydrogen) atoms. The van der Waals surface area contributed by atoms with Crippen molar-refractivity contribution in [3.05, 3.63) is 29.8 Å². The van der Waals surface area contributed by atoms with Gasteiger partial charge in [0.25, 0.3) is 0 Å². The van der Waals surface area contributed by atoms with E-state index < -0.39 is 17.4 Å². The number of nitrogens with one attached hydrogen (secondary N) is 2. The fourth-order valence-electron chi connectivity index (χ4n) is 1.82. The molecule has 2 N–H and O–H groups in total. The topological polar surface area (TPSA) is 58.2 Å². The second kappa shape index (κ2) is 4.41. The summed E-state index contributed by atoms with van der Waals surface area (Å²) in [5, 5.41) is 5.33. The highest BCUT2D eigenvalue weighted by atomic mass is 32.2. The van der Waals surface area contributed by atoms with Crippen LogP contribution < -0.4 is 10.6 Å². The fourth-order valence-corrected chi connectivity index (χ4v) is 2.23. The summed E-state index contributed by atoms with van der Waals surface area (Å²) in [6, 6.07) is 7.97. The summed E-state index contributed by atoms with van der Waals surface area (Å²) in [5.41, 5.74) is 0.464. The Morgan fingerprint density at radius 1 is 1.18 bits per heavy atom. The molecule has 0 aliphatic carbocycles. The lowest BCUT2D eigenvalue weighted by atomic mass is 9.90. The first-order valence-electron chi connectivity index (χ1n) is 5.30. The molecular weight excluding hydrogens is 236 g/mol. The van der Waals surface area contributed by atoms with E-state index in [0.29, 0.717) is 6.54 Å². The van der Waals surface area contributed by atoms with Crippen LogP contribution in [0, 0.1) is 0 Å². The number of rotatable bonds is 2. The van der Waals surface area contributed by atoms with Gasteiger partial charge in [-0.1, -0.05) is 12.1 Å². The molecule has 0 bridgehead atoms. The van der Waals surface area contributed by atoms with Crippen LogP contribution in [0.5, 0.6) is 0 Å². The lowest BCUT2D eigenvalue weighted by Gasteiger charge is -2.34. The van der Waals surface area contributed by atoms with Crippen LogP contribution in [0.3, 0.4) is 0 Å². The minimum atomic E-state index is -0.576. The normalized spacial score (nSPS) is 24.1. The summed E-state index contributed by atoms with van der Waals surface area (Å²) in [5.74, 6) is -1.14. The first kappa shape index (κ1) is 12.0. The van der Waals surface area contributed by atoms with Gasteiger partial charge in [-0.25, -0.2) is 0 Å². The molecule has 1 fully saturated rings. The maximum Gasteiger partial charge on any atom is 0.310 e. The molecule has 1 aromatic rings. The minimum absolute atomic E-state index is 0.413. The molecule has 90 valence electrons. The van der Waals surface area contributed by atoms with Crippen LogP contribution in [0.1, 0.15) is 12.5 Å². The molecule has 0 spiro atoms. The largest absolute Gasteiger partial charge is 0.345 e. The molecule has 1 aromatic carbocycles. The van der Waals surface area contributed by atoms with Gasteiger partial charge >= 0.3 is 11.8 Å². The molecule has 1 saturated heterocycles. The zero-order valence-corrected chi connectivity index (χ0v) is 10.6. The van der Waals surface area contributed by atoms with Crippen LogP contribution in [-0.2, 0) is 15.1 Å². The molecule has 1 heterocycles. The highest BCUT2D eigenvalue weighted by molar-refractivity contribution is 7.98. The standard InChI is InChI=1S/C12H14N2O2S/c1-12(7-13-10(15)11(16)14-12)8-3-5-9(17-2)6-4-8/h3-6H,7H2,1-2H3,(H,13,15)(H,14,16). The average Bonchev–Trinajstić information content (AvgIpc) is 2.34. The number of carbonyl (C=O) groups is 2. The van der Waals surface area contributed by atoms with Gasteiger partial charge in [-0.15, -0.1) is 11.8 Å². The zero-order valence-electron chi connectivity index (χ0n) is 9.74. The second-order valence-corrected chi connectivity index (χ2v) is 5.08. The molecular formula is C12H14N2O2S. The molecule has 1 aliphatic rings. The second-order valence-electron chi connectivity index (χ2n) is 4.20. The fraction of sp³-hybridized carbons (Fsp3) is 0.333. The van der Waals surface area contributed by atoms with Crippen LogP contribution in [0.25, 0.3) is 0 Å². The lowest BCUT2D eigenvalue weighted by Crippen LogP contribution is -2.60. The first-order valence-corrected chi connectivity index (χ1v) is 6.52. The number of thioether (sulfide) groups is 1. The monoisotopic (exact) mass is 250 g/mol. The quantitative estimate of drug-likeness (QED) is 0.605. The van der Waals surface area contributed by atoms with Gasteiger partial charge in [0.15, 0.2) is 0 Å². The summed E-state index contributed by atoms with van der Waals surface area (Å²) in [6.45, 7) is 2.31. The van der Waals surface area contributed by atoms with E-state index in [-0.39, 0.29) is 0 Å². The Morgan fingerprint density at radius 3 is 2.35 bits per heavy atom. The maximum atomic E-state index is 11.4. The molecule has 2 rings (SSSR count). The van der Waals surface area contributed by atoms with Crippen LogP contribution >= 0.6 is 11.8 Å². The Labute approximate surface area is 104 Å². The van der Waals surface area contributed by atoms with Gasteiger partial charge in [0, 0.05) is 11.4 Å². The van der Waals surface area contributed by atoms with Crippen molar-refractivity contribution < 1.29 is 9.59 Å². The van der Waals surface area contributed by atoms with E-state index in [0.717, 1.165) is 5.56 Å². The van der Waals surface area contributed by atoms with Crippen LogP contribution in [0.15, 0.2) is 29.2 Å². The van der Waals surface area contributed by atoms with E-state index >= 15 is 0 Å². The van der Waals surface area contributed by atoms with Gasteiger partial charge in [0.1, 0.15) is 0 Å². The molecule has 1 aliphatic heterocycles. The van der Waals surface area contributed by atoms with E-state index in [1.54, 1.807) is 11.8 Å². The Balaban J connectivity index is 2.25. The van der Waals surface area contributed by atoms with Crippen molar-refractivity contribution in [2.24, 2.45) is 0 Å². The molecule has 2 amide bonds. The van der Waals surface area contributed by atoms with Crippen molar-refractivity contribution in [1.29, 1.82) is 0 Å². The van der Waals surface area contributed by atoms with Gasteiger partial charge < -0.3 is 10.6 Å². The van der Waals surface area contributed by atoms with Gasteiger partial charge in [0.05, 0.1) is 5.54 Å². The number of hydrogen-bond donors (Lipinski definition) is 2. The number of hydrogen-bond acceptors (Lipinski definition) is 3. The highest BCUT2D eigenvalue weighted by Gasteiger charge is 2.35. The average molecular weight is 250 g/mol. The maximum absolute atomic E-state index is 11.4. The zero-order chi connectivity index (χ0) is 12.5. The Kier molecular flexibility index (Phi) is 3.11. The van der Waals surface area contributed by atoms with Crippen molar-refractivity contribution in [2.75, 3.05) is 12.8 Å². The van der Waals surface area contributed by atoms with E-state index in [9.17, 15) is 9.59 Å². The van der Waals surface area contributed by atoms with Crippen LogP contribution in [-0.4, -0.2) is 24.6 Å².